The summed E-state index contributed by atoms with van der Waals surface area (Å²) in [7, 11) is 0. The average molecular weight is 422 g/mol. The van der Waals surface area contributed by atoms with E-state index in [1.807, 2.05) is 0 Å². The first kappa shape index (κ1) is 20.1. The van der Waals surface area contributed by atoms with Crippen molar-refractivity contribution in [1.82, 2.24) is 0 Å². The highest BCUT2D eigenvalue weighted by molar-refractivity contribution is 7.80. The topological polar surface area (TPSA) is 26.0 Å². The molecule has 0 saturated heterocycles. The smallest absolute Gasteiger partial charge is 0.0608 e. The predicted octanol–water partition coefficient (Wildman–Crippen LogP) is 6.64. The highest BCUT2D eigenvalue weighted by Crippen LogP contribution is 2.52. The van der Waals surface area contributed by atoms with Gasteiger partial charge in [-0.3, -0.25) is 0 Å². The molecule has 0 radical (unpaired) electrons. The fourth-order valence-corrected chi connectivity index (χ4v) is 5.37. The molecule has 0 heterocycles. The van der Waals surface area contributed by atoms with Gasteiger partial charge in [-0.15, -0.1) is 0 Å². The highest BCUT2D eigenvalue weighted by atomic mass is 32.1. The van der Waals surface area contributed by atoms with Crippen LogP contribution in [-0.2, 0) is 11.0 Å². The minimum Gasteiger partial charge on any atom is -0.321 e. The van der Waals surface area contributed by atoms with Crippen LogP contribution in [0.15, 0.2) is 115 Å². The summed E-state index contributed by atoms with van der Waals surface area (Å²) in [4.78, 5) is 0. The zero-order chi connectivity index (χ0) is 21.3. The van der Waals surface area contributed by atoms with Gasteiger partial charge in [0.1, 0.15) is 0 Å². The molecule has 1 aliphatic carbocycles. The van der Waals surface area contributed by atoms with Gasteiger partial charge in [-0.05, 0) is 40.7 Å². The van der Waals surface area contributed by atoms with E-state index in [-0.39, 0.29) is 10.8 Å². The molecule has 2 N–H and O–H groups in total. The van der Waals surface area contributed by atoms with Gasteiger partial charge in [-0.1, -0.05) is 115 Å². The molecular weight excluding hydrogens is 394 g/mol. The zero-order valence-corrected chi connectivity index (χ0v) is 18.4. The summed E-state index contributed by atoms with van der Waals surface area (Å²) in [6, 6.07) is 41.0. The Balaban J connectivity index is 1.73. The number of rotatable bonds is 6. The second-order valence-corrected chi connectivity index (χ2v) is 9.10. The number of benzene rings is 4. The Kier molecular flexibility index (Phi) is 5.21. The number of hydrogen-bond acceptors (Lipinski definition) is 2. The van der Waals surface area contributed by atoms with E-state index in [1.54, 1.807) is 0 Å². The third-order valence-electron chi connectivity index (χ3n) is 6.69. The van der Waals surface area contributed by atoms with E-state index in [0.29, 0.717) is 0 Å². The number of thiol groups is 1. The van der Waals surface area contributed by atoms with Crippen molar-refractivity contribution in [2.24, 2.45) is 5.73 Å². The molecule has 0 spiro atoms. The molecule has 1 aliphatic rings. The Bertz CT molecular complexity index is 1040. The molecule has 0 amide bonds. The lowest BCUT2D eigenvalue weighted by atomic mass is 9.65. The highest BCUT2D eigenvalue weighted by Gasteiger charge is 2.43. The van der Waals surface area contributed by atoms with Crippen molar-refractivity contribution < 1.29 is 0 Å². The first-order chi connectivity index (χ1) is 15.1. The van der Waals surface area contributed by atoms with Gasteiger partial charge in [-0.2, -0.15) is 12.6 Å². The van der Waals surface area contributed by atoms with Crippen molar-refractivity contribution in [3.8, 4) is 0 Å². The molecule has 4 aromatic rings. The van der Waals surface area contributed by atoms with Crippen LogP contribution in [0, 0.1) is 0 Å². The zero-order valence-electron chi connectivity index (χ0n) is 17.5. The van der Waals surface area contributed by atoms with Crippen LogP contribution in [0.25, 0.3) is 0 Å². The molecule has 4 aromatic carbocycles. The normalized spacial score (nSPS) is 15.9. The molecule has 1 saturated carbocycles. The van der Waals surface area contributed by atoms with Gasteiger partial charge in [0, 0.05) is 10.8 Å². The molecule has 154 valence electrons. The number of hydrogen-bond donors (Lipinski definition) is 2. The van der Waals surface area contributed by atoms with E-state index < -0.39 is 5.41 Å². The minimum absolute atomic E-state index is 0.0818. The molecular formula is C29H27NS. The standard InChI is InChI=1S/C29H27NS/c30-28(20-21-28)23-18-16-22(17-19-23)27(31)29(24-10-4-1-5-11-24,25-12-6-2-7-13-25)26-14-8-3-9-15-26/h1-19,27,31H,20-21,30H2. The van der Waals surface area contributed by atoms with Gasteiger partial charge in [0.05, 0.1) is 5.41 Å². The van der Waals surface area contributed by atoms with Gasteiger partial charge in [0.25, 0.3) is 0 Å². The lowest BCUT2D eigenvalue weighted by Crippen LogP contribution is -2.34. The van der Waals surface area contributed by atoms with Gasteiger partial charge in [0.15, 0.2) is 0 Å². The summed E-state index contributed by atoms with van der Waals surface area (Å²) < 4.78 is 0. The fourth-order valence-electron chi connectivity index (χ4n) is 4.75. The van der Waals surface area contributed by atoms with Crippen LogP contribution in [0.1, 0.15) is 45.9 Å². The Labute approximate surface area is 190 Å². The maximum Gasteiger partial charge on any atom is 0.0608 e. The summed E-state index contributed by atoms with van der Waals surface area (Å²) in [5.41, 5.74) is 12.0. The molecule has 0 aliphatic heterocycles. The Morgan fingerprint density at radius 2 is 1.00 bits per heavy atom. The van der Waals surface area contributed by atoms with Gasteiger partial charge in [-0.25, -0.2) is 0 Å². The van der Waals surface area contributed by atoms with E-state index in [4.69, 9.17) is 18.4 Å². The van der Waals surface area contributed by atoms with Gasteiger partial charge < -0.3 is 5.73 Å². The second-order valence-electron chi connectivity index (χ2n) is 8.59. The lowest BCUT2D eigenvalue weighted by Gasteiger charge is -2.41. The molecule has 5 rings (SSSR count). The molecule has 1 fully saturated rings. The summed E-state index contributed by atoms with van der Waals surface area (Å²) in [6.45, 7) is 0. The summed E-state index contributed by atoms with van der Waals surface area (Å²) >= 11 is 5.33. The largest absolute Gasteiger partial charge is 0.321 e. The van der Waals surface area contributed by atoms with Crippen LogP contribution in [0.2, 0.25) is 0 Å². The second kappa shape index (κ2) is 8.03. The van der Waals surface area contributed by atoms with E-state index in [2.05, 4.69) is 115 Å². The van der Waals surface area contributed by atoms with E-state index in [9.17, 15) is 0 Å². The Morgan fingerprint density at radius 3 is 1.35 bits per heavy atom. The van der Waals surface area contributed by atoms with Crippen LogP contribution in [0.3, 0.4) is 0 Å². The molecule has 31 heavy (non-hydrogen) atoms. The Hall–Kier alpha value is -2.81. The monoisotopic (exact) mass is 421 g/mol. The van der Waals surface area contributed by atoms with Crippen LogP contribution < -0.4 is 5.73 Å². The van der Waals surface area contributed by atoms with E-state index >= 15 is 0 Å². The molecule has 1 atom stereocenters. The lowest BCUT2D eigenvalue weighted by molar-refractivity contribution is 0.602. The van der Waals surface area contributed by atoms with Crippen molar-refractivity contribution in [3.63, 3.8) is 0 Å². The van der Waals surface area contributed by atoms with Gasteiger partial charge in [0.2, 0.25) is 0 Å². The maximum atomic E-state index is 6.43. The molecule has 1 unspecified atom stereocenters. The van der Waals surface area contributed by atoms with Crippen molar-refractivity contribution in [2.45, 2.75) is 29.0 Å². The van der Waals surface area contributed by atoms with Crippen molar-refractivity contribution in [3.05, 3.63) is 143 Å². The van der Waals surface area contributed by atoms with Crippen LogP contribution in [-0.4, -0.2) is 0 Å². The Morgan fingerprint density at radius 1 is 0.613 bits per heavy atom. The average Bonchev–Trinajstić information content (AvgIpc) is 3.60. The van der Waals surface area contributed by atoms with Crippen molar-refractivity contribution in [2.75, 3.05) is 0 Å². The molecule has 0 aromatic heterocycles. The minimum atomic E-state index is -0.436. The van der Waals surface area contributed by atoms with Crippen LogP contribution in [0.4, 0.5) is 0 Å². The first-order valence-corrected chi connectivity index (χ1v) is 11.4. The summed E-state index contributed by atoms with van der Waals surface area (Å²) in [5.74, 6) is 0. The summed E-state index contributed by atoms with van der Waals surface area (Å²) in [5, 5.41) is -0.0818. The van der Waals surface area contributed by atoms with E-state index in [1.165, 1.54) is 27.8 Å². The van der Waals surface area contributed by atoms with Crippen LogP contribution >= 0.6 is 12.6 Å². The predicted molar refractivity (Wildman–Crippen MR) is 132 cm³/mol. The fraction of sp³-hybridized carbons (Fsp3) is 0.172. The third-order valence-corrected chi connectivity index (χ3v) is 7.37. The first-order valence-electron chi connectivity index (χ1n) is 10.9. The van der Waals surface area contributed by atoms with Crippen molar-refractivity contribution in [1.29, 1.82) is 0 Å². The van der Waals surface area contributed by atoms with Gasteiger partial charge >= 0.3 is 0 Å². The van der Waals surface area contributed by atoms with Crippen LogP contribution in [0.5, 0.6) is 0 Å². The molecule has 0 bridgehead atoms. The number of nitrogens with two attached hydrogens (primary N) is 1. The third kappa shape index (κ3) is 3.50. The van der Waals surface area contributed by atoms with Crippen molar-refractivity contribution >= 4 is 12.6 Å². The quantitative estimate of drug-likeness (QED) is 0.265. The summed E-state index contributed by atoms with van der Waals surface area (Å²) in [6.07, 6.45) is 2.14. The molecule has 2 heteroatoms. The SMILES string of the molecule is NC1(c2ccc(C(S)C(c3ccccc3)(c3ccccc3)c3ccccc3)cc2)CC1. The maximum absolute atomic E-state index is 6.43. The molecule has 1 nitrogen and oxygen atoms in total. The van der Waals surface area contributed by atoms with E-state index in [0.717, 1.165) is 12.8 Å².